The monoisotopic (exact) mass is 194 g/mol. The van der Waals surface area contributed by atoms with Crippen LogP contribution in [-0.4, -0.2) is 17.0 Å². The van der Waals surface area contributed by atoms with Crippen molar-refractivity contribution in [3.05, 3.63) is 12.7 Å². The molecule has 0 heterocycles. The molecule has 0 spiro atoms. The van der Waals surface area contributed by atoms with Gasteiger partial charge in [-0.3, -0.25) is 4.79 Å². The van der Waals surface area contributed by atoms with E-state index < -0.39 is 24.3 Å². The van der Waals surface area contributed by atoms with Crippen LogP contribution in [-0.2, 0) is 9.59 Å². The predicted molar refractivity (Wildman–Crippen MR) is 40.2 cm³/mol. The third-order valence-electron chi connectivity index (χ3n) is 1.48. The molecule has 5 heteroatoms. The summed E-state index contributed by atoms with van der Waals surface area (Å²) >= 11 is 0. The molecule has 0 bridgehead atoms. The molecule has 0 aliphatic heterocycles. The van der Waals surface area contributed by atoms with Crippen LogP contribution in [0.5, 0.6) is 0 Å². The molecule has 0 amide bonds. The molecule has 0 aromatic rings. The molecular weight excluding hydrogens is 183 g/mol. The Labute approximate surface area is 98.9 Å². The Bertz CT molecular complexity index is 191. The molecule has 1 atom stereocenters. The van der Waals surface area contributed by atoms with E-state index in [1.165, 1.54) is 0 Å². The molecule has 0 rings (SSSR count). The number of carbonyl (C=O) groups is 2. The van der Waals surface area contributed by atoms with Gasteiger partial charge < -0.3 is 15.0 Å². The van der Waals surface area contributed by atoms with Gasteiger partial charge in [-0.15, -0.1) is 6.58 Å². The fourth-order valence-corrected chi connectivity index (χ4v) is 0.833. The summed E-state index contributed by atoms with van der Waals surface area (Å²) in [5.74, 6) is -3.28. The Morgan fingerprint density at radius 1 is 1.54 bits per heavy atom. The quantitative estimate of drug-likeness (QED) is 0.357. The van der Waals surface area contributed by atoms with Crippen molar-refractivity contribution in [2.24, 2.45) is 5.92 Å². The molecule has 0 saturated heterocycles. The smallest absolute Gasteiger partial charge is 0.550 e. The second-order valence-corrected chi connectivity index (χ2v) is 2.48. The Morgan fingerprint density at radius 3 is 2.38 bits per heavy atom. The van der Waals surface area contributed by atoms with Crippen LogP contribution in [0.3, 0.4) is 0 Å². The summed E-state index contributed by atoms with van der Waals surface area (Å²) in [5, 5.41) is 18.6. The van der Waals surface area contributed by atoms with E-state index in [0.29, 0.717) is 12.8 Å². The number of carbonyl (C=O) groups excluding carboxylic acids is 1. The first kappa shape index (κ1) is 15.2. The zero-order valence-corrected chi connectivity index (χ0v) is 9.66. The van der Waals surface area contributed by atoms with Crippen molar-refractivity contribution in [2.45, 2.75) is 19.3 Å². The Kier molecular flexibility index (Phi) is 9.67. The molecule has 13 heavy (non-hydrogen) atoms. The minimum absolute atomic E-state index is 0. The summed E-state index contributed by atoms with van der Waals surface area (Å²) in [6, 6.07) is 0. The molecule has 0 radical (unpaired) electrons. The fourth-order valence-electron chi connectivity index (χ4n) is 0.833. The van der Waals surface area contributed by atoms with Gasteiger partial charge in [0, 0.05) is 12.4 Å². The number of allylic oxidation sites excluding steroid dienone is 1. The SMILES string of the molecule is C=CCCC(CC(=O)[O-])C(=O)O.[Na+]. The average molecular weight is 194 g/mol. The van der Waals surface area contributed by atoms with Gasteiger partial charge in [-0.25, -0.2) is 0 Å². The minimum atomic E-state index is -1.33. The predicted octanol–water partition coefficient (Wildman–Crippen LogP) is -3.20. The van der Waals surface area contributed by atoms with Gasteiger partial charge in [-0.1, -0.05) is 6.08 Å². The van der Waals surface area contributed by atoms with Crippen molar-refractivity contribution < 1.29 is 49.4 Å². The summed E-state index contributed by atoms with van der Waals surface area (Å²) in [5.41, 5.74) is 0. The standard InChI is InChI=1S/C8H12O4.Na/c1-2-3-4-6(8(11)12)5-7(9)10;/h2,6H,1,3-5H2,(H,9,10)(H,11,12);/q;+1/p-1. The number of carboxylic acid groups (broad SMARTS) is 2. The van der Waals surface area contributed by atoms with Crippen LogP contribution < -0.4 is 34.7 Å². The summed E-state index contributed by atoms with van der Waals surface area (Å²) in [6.07, 6.45) is 1.94. The fraction of sp³-hybridized carbons (Fsp3) is 0.500. The number of aliphatic carboxylic acids is 2. The molecule has 0 aromatic heterocycles. The van der Waals surface area contributed by atoms with Crippen LogP contribution in [0.15, 0.2) is 12.7 Å². The first-order chi connectivity index (χ1) is 5.57. The van der Waals surface area contributed by atoms with E-state index >= 15 is 0 Å². The molecule has 1 N–H and O–H groups in total. The van der Waals surface area contributed by atoms with Crippen molar-refractivity contribution in [3.8, 4) is 0 Å². The van der Waals surface area contributed by atoms with E-state index in [9.17, 15) is 14.7 Å². The summed E-state index contributed by atoms with van der Waals surface area (Å²) in [4.78, 5) is 20.5. The van der Waals surface area contributed by atoms with E-state index in [0.717, 1.165) is 0 Å². The van der Waals surface area contributed by atoms with E-state index in [1.807, 2.05) is 0 Å². The van der Waals surface area contributed by atoms with Gasteiger partial charge in [-0.2, -0.15) is 0 Å². The zero-order valence-electron chi connectivity index (χ0n) is 7.66. The molecule has 0 saturated carbocycles. The molecule has 68 valence electrons. The van der Waals surface area contributed by atoms with Crippen molar-refractivity contribution >= 4 is 11.9 Å². The summed E-state index contributed by atoms with van der Waals surface area (Å²) in [7, 11) is 0. The Hall–Kier alpha value is -0.320. The maximum atomic E-state index is 10.4. The maximum Gasteiger partial charge on any atom is 1.00 e. The Balaban J connectivity index is 0. The van der Waals surface area contributed by atoms with Crippen LogP contribution >= 0.6 is 0 Å². The van der Waals surface area contributed by atoms with Crippen LogP contribution in [0, 0.1) is 5.92 Å². The van der Waals surface area contributed by atoms with Crippen LogP contribution in [0.1, 0.15) is 19.3 Å². The molecule has 0 fully saturated rings. The van der Waals surface area contributed by atoms with E-state index in [1.54, 1.807) is 6.08 Å². The van der Waals surface area contributed by atoms with Gasteiger partial charge in [0.2, 0.25) is 0 Å². The third kappa shape index (κ3) is 8.02. The first-order valence-electron chi connectivity index (χ1n) is 3.61. The van der Waals surface area contributed by atoms with Gasteiger partial charge >= 0.3 is 35.5 Å². The van der Waals surface area contributed by atoms with E-state index in [-0.39, 0.29) is 29.6 Å². The van der Waals surface area contributed by atoms with Crippen molar-refractivity contribution in [3.63, 3.8) is 0 Å². The average Bonchev–Trinajstić information content (AvgIpc) is 1.96. The molecular formula is C8H11NaO4. The molecule has 1 unspecified atom stereocenters. The number of carboxylic acids is 2. The van der Waals surface area contributed by atoms with Crippen LogP contribution in [0.2, 0.25) is 0 Å². The van der Waals surface area contributed by atoms with E-state index in [4.69, 9.17) is 5.11 Å². The largest absolute Gasteiger partial charge is 1.00 e. The number of hydrogen-bond donors (Lipinski definition) is 1. The summed E-state index contributed by atoms with van der Waals surface area (Å²) < 4.78 is 0. The van der Waals surface area contributed by atoms with Gasteiger partial charge in [0.1, 0.15) is 0 Å². The minimum Gasteiger partial charge on any atom is -0.550 e. The molecule has 4 nitrogen and oxygen atoms in total. The van der Waals surface area contributed by atoms with Crippen molar-refractivity contribution in [1.29, 1.82) is 0 Å². The molecule has 0 aromatic carbocycles. The van der Waals surface area contributed by atoms with Crippen LogP contribution in [0.4, 0.5) is 0 Å². The second-order valence-electron chi connectivity index (χ2n) is 2.48. The number of hydrogen-bond acceptors (Lipinski definition) is 3. The molecule has 0 aliphatic rings. The first-order valence-corrected chi connectivity index (χ1v) is 3.61. The zero-order chi connectivity index (χ0) is 9.56. The van der Waals surface area contributed by atoms with Crippen LogP contribution in [0.25, 0.3) is 0 Å². The van der Waals surface area contributed by atoms with Crippen molar-refractivity contribution in [2.75, 3.05) is 0 Å². The normalized spacial score (nSPS) is 11.1. The summed E-state index contributed by atoms with van der Waals surface area (Å²) in [6.45, 7) is 3.42. The van der Waals surface area contributed by atoms with Gasteiger partial charge in [0.05, 0.1) is 5.92 Å². The topological polar surface area (TPSA) is 77.4 Å². The third-order valence-corrected chi connectivity index (χ3v) is 1.48. The Morgan fingerprint density at radius 2 is 2.08 bits per heavy atom. The molecule has 0 aliphatic carbocycles. The maximum absolute atomic E-state index is 10.4. The van der Waals surface area contributed by atoms with Gasteiger partial charge in [0.25, 0.3) is 0 Å². The second kappa shape index (κ2) is 8.29. The van der Waals surface area contributed by atoms with Gasteiger partial charge in [0.15, 0.2) is 0 Å². The number of rotatable bonds is 6. The van der Waals surface area contributed by atoms with Crippen molar-refractivity contribution in [1.82, 2.24) is 0 Å². The van der Waals surface area contributed by atoms with E-state index in [2.05, 4.69) is 6.58 Å². The van der Waals surface area contributed by atoms with Gasteiger partial charge in [-0.05, 0) is 12.8 Å².